The van der Waals surface area contributed by atoms with Crippen molar-refractivity contribution in [2.75, 3.05) is 6.54 Å². The van der Waals surface area contributed by atoms with Gasteiger partial charge in [0.1, 0.15) is 0 Å². The second kappa shape index (κ2) is 4.94. The van der Waals surface area contributed by atoms with Crippen LogP contribution in [0.5, 0.6) is 0 Å². The van der Waals surface area contributed by atoms with E-state index in [1.807, 2.05) is 0 Å². The topological polar surface area (TPSA) is 72.5 Å². The first-order chi connectivity index (χ1) is 6.99. The molecule has 4 nitrogen and oxygen atoms in total. The maximum Gasteiger partial charge on any atom is 0.332 e. The molecule has 1 saturated carbocycles. The van der Waals surface area contributed by atoms with E-state index in [-0.39, 0.29) is 0 Å². The molecule has 0 saturated heterocycles. The average Bonchev–Trinajstić information content (AvgIpc) is 2.21. The van der Waals surface area contributed by atoms with Gasteiger partial charge in [0.05, 0.1) is 5.60 Å². The number of hydrogen-bond donors (Lipinski definition) is 2. The first-order valence-electron chi connectivity index (χ1n) is 5.60. The van der Waals surface area contributed by atoms with Gasteiger partial charge in [0, 0.05) is 6.54 Å². The zero-order valence-electron chi connectivity index (χ0n) is 9.53. The lowest BCUT2D eigenvalue weighted by molar-refractivity contribution is -0.166. The molecular formula is C11H21NO3. The van der Waals surface area contributed by atoms with E-state index in [9.17, 15) is 4.79 Å². The number of ether oxygens (including phenoxy) is 1. The molecule has 0 aliphatic heterocycles. The summed E-state index contributed by atoms with van der Waals surface area (Å²) in [7, 11) is 0. The zero-order chi connectivity index (χ0) is 11.5. The highest BCUT2D eigenvalue weighted by molar-refractivity contribution is 5.71. The molecule has 1 aliphatic carbocycles. The lowest BCUT2D eigenvalue weighted by Gasteiger charge is -2.39. The van der Waals surface area contributed by atoms with Crippen molar-refractivity contribution >= 4 is 5.97 Å². The van der Waals surface area contributed by atoms with E-state index in [0.29, 0.717) is 12.5 Å². The minimum atomic E-state index is -0.915. The highest BCUT2D eigenvalue weighted by Crippen LogP contribution is 2.34. The maximum atomic E-state index is 10.7. The molecule has 1 fully saturated rings. The summed E-state index contributed by atoms with van der Waals surface area (Å²) >= 11 is 0. The van der Waals surface area contributed by atoms with E-state index in [0.717, 1.165) is 25.7 Å². The lowest BCUT2D eigenvalue weighted by Crippen LogP contribution is -2.47. The van der Waals surface area contributed by atoms with Crippen LogP contribution in [0.2, 0.25) is 0 Å². The summed E-state index contributed by atoms with van der Waals surface area (Å²) in [6.07, 6.45) is 3.14. The largest absolute Gasteiger partial charge is 0.479 e. The minimum Gasteiger partial charge on any atom is -0.479 e. The van der Waals surface area contributed by atoms with Crippen molar-refractivity contribution in [1.29, 1.82) is 0 Å². The standard InChI is InChI=1S/C11H21NO3/c1-8-3-5-11(7-12,6-4-8)15-9(2)10(13)14/h8-9H,3-7,12H2,1-2H3,(H,13,14). The van der Waals surface area contributed by atoms with Crippen LogP contribution in [-0.4, -0.2) is 29.3 Å². The molecule has 0 aromatic heterocycles. The van der Waals surface area contributed by atoms with Crippen molar-refractivity contribution in [3.63, 3.8) is 0 Å². The van der Waals surface area contributed by atoms with Gasteiger partial charge in [-0.1, -0.05) is 6.92 Å². The summed E-state index contributed by atoms with van der Waals surface area (Å²) in [5.41, 5.74) is 5.32. The van der Waals surface area contributed by atoms with E-state index in [4.69, 9.17) is 15.6 Å². The van der Waals surface area contributed by atoms with Crippen LogP contribution in [0.4, 0.5) is 0 Å². The molecule has 0 amide bonds. The summed E-state index contributed by atoms with van der Waals surface area (Å²) in [6, 6.07) is 0. The van der Waals surface area contributed by atoms with Crippen LogP contribution in [0.25, 0.3) is 0 Å². The first kappa shape index (κ1) is 12.5. The zero-order valence-corrected chi connectivity index (χ0v) is 9.53. The fourth-order valence-corrected chi connectivity index (χ4v) is 2.08. The van der Waals surface area contributed by atoms with Gasteiger partial charge >= 0.3 is 5.97 Å². The molecule has 0 heterocycles. The van der Waals surface area contributed by atoms with Gasteiger partial charge in [-0.2, -0.15) is 0 Å². The van der Waals surface area contributed by atoms with E-state index in [2.05, 4.69) is 6.92 Å². The molecule has 0 aromatic carbocycles. The molecule has 3 N–H and O–H groups in total. The number of carbonyl (C=O) groups is 1. The first-order valence-corrected chi connectivity index (χ1v) is 5.60. The average molecular weight is 215 g/mol. The Morgan fingerprint density at radius 3 is 2.53 bits per heavy atom. The van der Waals surface area contributed by atoms with Crippen molar-refractivity contribution in [2.45, 2.75) is 51.2 Å². The lowest BCUT2D eigenvalue weighted by atomic mass is 9.79. The van der Waals surface area contributed by atoms with Crippen LogP contribution in [0.15, 0.2) is 0 Å². The second-order valence-electron chi connectivity index (χ2n) is 4.67. The molecule has 88 valence electrons. The predicted octanol–water partition coefficient (Wildman–Crippen LogP) is 1.38. The third-order valence-corrected chi connectivity index (χ3v) is 3.33. The number of rotatable bonds is 4. The van der Waals surface area contributed by atoms with Gasteiger partial charge in [-0.25, -0.2) is 4.79 Å². The van der Waals surface area contributed by atoms with E-state index >= 15 is 0 Å². The fraction of sp³-hybridized carbons (Fsp3) is 0.909. The number of hydrogen-bond acceptors (Lipinski definition) is 3. The van der Waals surface area contributed by atoms with Crippen molar-refractivity contribution in [3.8, 4) is 0 Å². The molecule has 15 heavy (non-hydrogen) atoms. The molecule has 1 unspecified atom stereocenters. The van der Waals surface area contributed by atoms with Crippen LogP contribution in [-0.2, 0) is 9.53 Å². The Morgan fingerprint density at radius 2 is 2.13 bits per heavy atom. The van der Waals surface area contributed by atoms with E-state index < -0.39 is 17.7 Å². The van der Waals surface area contributed by atoms with Crippen molar-refractivity contribution < 1.29 is 14.6 Å². The highest BCUT2D eigenvalue weighted by Gasteiger charge is 2.36. The Morgan fingerprint density at radius 1 is 1.60 bits per heavy atom. The summed E-state index contributed by atoms with van der Waals surface area (Å²) in [5, 5.41) is 8.81. The van der Waals surface area contributed by atoms with Crippen LogP contribution in [0.3, 0.4) is 0 Å². The van der Waals surface area contributed by atoms with E-state index in [1.54, 1.807) is 6.92 Å². The van der Waals surface area contributed by atoms with Gasteiger partial charge in [0.2, 0.25) is 0 Å². The molecule has 0 bridgehead atoms. The Balaban J connectivity index is 2.57. The number of nitrogens with two attached hydrogens (primary N) is 1. The molecule has 0 spiro atoms. The number of carboxylic acids is 1. The van der Waals surface area contributed by atoms with Crippen molar-refractivity contribution in [1.82, 2.24) is 0 Å². The van der Waals surface area contributed by atoms with Gasteiger partial charge < -0.3 is 15.6 Å². The van der Waals surface area contributed by atoms with Crippen LogP contribution in [0, 0.1) is 5.92 Å². The van der Waals surface area contributed by atoms with Crippen LogP contribution < -0.4 is 5.73 Å². The summed E-state index contributed by atoms with van der Waals surface area (Å²) in [5.74, 6) is -0.213. The minimum absolute atomic E-state index is 0.398. The van der Waals surface area contributed by atoms with E-state index in [1.165, 1.54) is 0 Å². The van der Waals surface area contributed by atoms with Crippen molar-refractivity contribution in [3.05, 3.63) is 0 Å². The summed E-state index contributed by atoms with van der Waals surface area (Å²) in [6.45, 7) is 4.19. The fourth-order valence-electron chi connectivity index (χ4n) is 2.08. The van der Waals surface area contributed by atoms with Crippen LogP contribution >= 0.6 is 0 Å². The molecule has 0 radical (unpaired) electrons. The van der Waals surface area contributed by atoms with Gasteiger partial charge in [0.15, 0.2) is 6.10 Å². The number of aliphatic carboxylic acids is 1. The molecule has 0 aromatic rings. The maximum absolute atomic E-state index is 10.7. The van der Waals surface area contributed by atoms with Crippen LogP contribution in [0.1, 0.15) is 39.5 Å². The van der Waals surface area contributed by atoms with Gasteiger partial charge in [-0.05, 0) is 38.5 Å². The number of carboxylic acid groups (broad SMARTS) is 1. The normalized spacial score (nSPS) is 33.7. The van der Waals surface area contributed by atoms with Gasteiger partial charge in [-0.15, -0.1) is 0 Å². The Kier molecular flexibility index (Phi) is 4.11. The van der Waals surface area contributed by atoms with Gasteiger partial charge in [0.25, 0.3) is 0 Å². The molecular weight excluding hydrogens is 194 g/mol. The molecule has 1 rings (SSSR count). The molecule has 1 aliphatic rings. The van der Waals surface area contributed by atoms with Gasteiger partial charge in [-0.3, -0.25) is 0 Å². The third-order valence-electron chi connectivity index (χ3n) is 3.33. The highest BCUT2D eigenvalue weighted by atomic mass is 16.5. The third kappa shape index (κ3) is 3.18. The SMILES string of the molecule is CC1CCC(CN)(OC(C)C(=O)O)CC1. The Hall–Kier alpha value is -0.610. The van der Waals surface area contributed by atoms with Crippen molar-refractivity contribution in [2.24, 2.45) is 11.7 Å². The second-order valence-corrected chi connectivity index (χ2v) is 4.67. The molecule has 4 heteroatoms. The monoisotopic (exact) mass is 215 g/mol. The summed E-state index contributed by atoms with van der Waals surface area (Å²) < 4.78 is 5.61. The summed E-state index contributed by atoms with van der Waals surface area (Å²) in [4.78, 5) is 10.7. The Labute approximate surface area is 90.8 Å². The smallest absolute Gasteiger partial charge is 0.332 e. The molecule has 1 atom stereocenters. The quantitative estimate of drug-likeness (QED) is 0.743. The Bertz CT molecular complexity index is 222. The predicted molar refractivity (Wildman–Crippen MR) is 57.6 cm³/mol.